The summed E-state index contributed by atoms with van der Waals surface area (Å²) in [6.45, 7) is 9.10. The fourth-order valence-corrected chi connectivity index (χ4v) is 4.12. The molecule has 2 unspecified atom stereocenters. The van der Waals surface area contributed by atoms with Crippen molar-refractivity contribution in [2.24, 2.45) is 5.92 Å². The van der Waals surface area contributed by atoms with Crippen molar-refractivity contribution in [1.82, 2.24) is 15.8 Å². The highest BCUT2D eigenvalue weighted by molar-refractivity contribution is 6.54. The third kappa shape index (κ3) is 8.72. The van der Waals surface area contributed by atoms with Gasteiger partial charge in [0.25, 0.3) is 5.91 Å². The number of nitrogens with one attached hydrogen (secondary N) is 2. The summed E-state index contributed by atoms with van der Waals surface area (Å²) in [5, 5.41) is 9.41. The number of carbonyl (C=O) groups is 3. The number of hydrogen-bond acceptors (Lipinski definition) is 6. The van der Waals surface area contributed by atoms with E-state index >= 15 is 0 Å². The number of alkyl carbamates (subject to hydrolysis) is 1. The van der Waals surface area contributed by atoms with Crippen LogP contribution in [0.2, 0.25) is 0 Å². The highest BCUT2D eigenvalue weighted by atomic mass is 35.5. The van der Waals surface area contributed by atoms with Crippen LogP contribution >= 0.6 is 23.2 Å². The second-order valence-electron chi connectivity index (χ2n) is 10.5. The van der Waals surface area contributed by atoms with Crippen molar-refractivity contribution in [3.8, 4) is 11.3 Å². The second kappa shape index (κ2) is 13.7. The van der Waals surface area contributed by atoms with E-state index in [1.165, 1.54) is 11.1 Å². The molecule has 1 aromatic heterocycles. The molecular weight excluding hydrogens is 555 g/mol. The summed E-state index contributed by atoms with van der Waals surface area (Å²) in [6.07, 6.45) is 0.794. The van der Waals surface area contributed by atoms with Gasteiger partial charge in [-0.05, 0) is 44.4 Å². The van der Waals surface area contributed by atoms with Gasteiger partial charge in [-0.3, -0.25) is 9.59 Å². The summed E-state index contributed by atoms with van der Waals surface area (Å²) < 4.78 is 10.6. The third-order valence-electron chi connectivity index (χ3n) is 5.90. The Bertz CT molecular complexity index is 1280. The van der Waals surface area contributed by atoms with Gasteiger partial charge in [-0.2, -0.15) is 0 Å². The molecule has 0 spiro atoms. The van der Waals surface area contributed by atoms with E-state index in [1.807, 2.05) is 26.0 Å². The molecule has 9 nitrogen and oxygen atoms in total. The molecule has 40 heavy (non-hydrogen) atoms. The summed E-state index contributed by atoms with van der Waals surface area (Å²) in [6, 6.07) is 16.0. The zero-order valence-corrected chi connectivity index (χ0v) is 24.6. The molecule has 1 heterocycles. The number of halogens is 2. The Balaban J connectivity index is 1.89. The van der Waals surface area contributed by atoms with Crippen LogP contribution < -0.4 is 15.5 Å². The lowest BCUT2D eigenvalue weighted by Gasteiger charge is -2.32. The van der Waals surface area contributed by atoms with Crippen LogP contribution in [0.3, 0.4) is 0 Å². The van der Waals surface area contributed by atoms with E-state index in [4.69, 9.17) is 32.5 Å². The molecule has 2 aromatic carbocycles. The largest absolute Gasteiger partial charge is 0.444 e. The zero-order valence-electron chi connectivity index (χ0n) is 23.1. The second-order valence-corrected chi connectivity index (χ2v) is 11.6. The van der Waals surface area contributed by atoms with Crippen LogP contribution in [0, 0.1) is 5.92 Å². The van der Waals surface area contributed by atoms with E-state index in [9.17, 15) is 14.4 Å². The van der Waals surface area contributed by atoms with Gasteiger partial charge >= 0.3 is 6.09 Å². The number of nitrogens with zero attached hydrogens (tertiary/aromatic N) is 2. The quantitative estimate of drug-likeness (QED) is 0.286. The molecule has 0 fully saturated rings. The monoisotopic (exact) mass is 588 g/mol. The minimum absolute atomic E-state index is 0.0615. The number of ether oxygens (including phenoxy) is 1. The number of aromatic nitrogens is 1. The van der Waals surface area contributed by atoms with Crippen LogP contribution in [0.4, 0.5) is 10.5 Å². The molecular formula is C29H34Cl2N4O5. The van der Waals surface area contributed by atoms with E-state index in [2.05, 4.69) is 15.8 Å². The fraction of sp³-hybridized carbons (Fsp3) is 0.379. The number of hydrogen-bond donors (Lipinski definition) is 2. The highest BCUT2D eigenvalue weighted by Crippen LogP contribution is 2.27. The predicted molar refractivity (Wildman–Crippen MR) is 155 cm³/mol. The third-order valence-corrected chi connectivity index (χ3v) is 6.27. The van der Waals surface area contributed by atoms with Gasteiger partial charge in [-0.25, -0.2) is 4.79 Å². The van der Waals surface area contributed by atoms with Crippen LogP contribution in [0.1, 0.15) is 46.2 Å². The molecule has 0 bridgehead atoms. The lowest BCUT2D eigenvalue weighted by molar-refractivity contribution is -0.124. The Morgan fingerprint density at radius 3 is 2.27 bits per heavy atom. The predicted octanol–water partition coefficient (Wildman–Crippen LogP) is 5.89. The van der Waals surface area contributed by atoms with Crippen molar-refractivity contribution in [3.05, 3.63) is 72.4 Å². The molecule has 2 atom stereocenters. The Hall–Kier alpha value is -3.56. The number of benzene rings is 2. The molecule has 3 rings (SSSR count). The van der Waals surface area contributed by atoms with Gasteiger partial charge in [0.1, 0.15) is 11.6 Å². The van der Waals surface area contributed by atoms with Crippen LogP contribution in [0.5, 0.6) is 0 Å². The molecule has 0 radical (unpaired) electrons. The molecule has 0 saturated heterocycles. The molecule has 214 valence electrons. The van der Waals surface area contributed by atoms with Crippen molar-refractivity contribution < 1.29 is 23.6 Å². The molecule has 0 saturated carbocycles. The molecule has 0 aliphatic rings. The van der Waals surface area contributed by atoms with E-state index in [0.29, 0.717) is 22.6 Å². The summed E-state index contributed by atoms with van der Waals surface area (Å²) >= 11 is 12.0. The van der Waals surface area contributed by atoms with Gasteiger partial charge in [-0.1, -0.05) is 84.7 Å². The summed E-state index contributed by atoms with van der Waals surface area (Å²) in [5.41, 5.74) is 1.03. The lowest BCUT2D eigenvalue weighted by atomic mass is 10.0. The Kier molecular flexibility index (Phi) is 10.6. The first-order chi connectivity index (χ1) is 18.9. The molecule has 0 aliphatic heterocycles. The van der Waals surface area contributed by atoms with Gasteiger partial charge in [0.05, 0.1) is 6.20 Å². The minimum Gasteiger partial charge on any atom is -0.444 e. The summed E-state index contributed by atoms with van der Waals surface area (Å²) in [5.74, 6) is -0.606. The van der Waals surface area contributed by atoms with Gasteiger partial charge in [0.2, 0.25) is 5.91 Å². The van der Waals surface area contributed by atoms with Crippen molar-refractivity contribution in [1.29, 1.82) is 0 Å². The highest BCUT2D eigenvalue weighted by Gasteiger charge is 2.31. The zero-order chi connectivity index (χ0) is 29.4. The summed E-state index contributed by atoms with van der Waals surface area (Å²) in [7, 11) is 0. The molecule has 11 heteroatoms. The van der Waals surface area contributed by atoms with Gasteiger partial charge in [0.15, 0.2) is 10.6 Å². The maximum absolute atomic E-state index is 13.6. The van der Waals surface area contributed by atoms with Crippen LogP contribution in [0.25, 0.3) is 11.3 Å². The molecule has 2 N–H and O–H groups in total. The van der Waals surface area contributed by atoms with Gasteiger partial charge in [-0.15, -0.1) is 0 Å². The maximum atomic E-state index is 13.6. The average Bonchev–Trinajstić information content (AvgIpc) is 3.44. The van der Waals surface area contributed by atoms with Gasteiger partial charge in [0, 0.05) is 29.9 Å². The Morgan fingerprint density at radius 1 is 1.00 bits per heavy atom. The number of amides is 3. The topological polar surface area (TPSA) is 114 Å². The van der Waals surface area contributed by atoms with E-state index in [1.54, 1.807) is 69.3 Å². The minimum atomic E-state index is -1.33. The summed E-state index contributed by atoms with van der Waals surface area (Å²) in [4.78, 5) is 39.5. The van der Waals surface area contributed by atoms with Crippen LogP contribution in [0.15, 0.2) is 71.4 Å². The number of anilines is 1. The molecule has 3 amide bonds. The van der Waals surface area contributed by atoms with Crippen molar-refractivity contribution in [3.63, 3.8) is 0 Å². The van der Waals surface area contributed by atoms with Crippen molar-refractivity contribution in [2.45, 2.75) is 57.1 Å². The van der Waals surface area contributed by atoms with Gasteiger partial charge < -0.3 is 24.8 Å². The first-order valence-corrected chi connectivity index (χ1v) is 13.7. The first kappa shape index (κ1) is 31.0. The Morgan fingerprint density at radius 2 is 1.70 bits per heavy atom. The number of carbonyl (C=O) groups excluding carboxylic acids is 3. The maximum Gasteiger partial charge on any atom is 0.408 e. The van der Waals surface area contributed by atoms with Crippen molar-refractivity contribution >= 4 is 46.8 Å². The molecule has 0 aliphatic carbocycles. The van der Waals surface area contributed by atoms with Crippen LogP contribution in [-0.2, 0) is 14.3 Å². The molecule has 3 aromatic rings. The standard InChI is InChI=1S/C29H34Cl2N4O5/c1-18(2)22(33-26(36)24(19-10-7-6-8-11-19)34-28(38)39-29(3,4)5)17-35(27(37)25(30)31)21-13-9-12-20(16-21)23-14-15-32-40-23/h6-16,18,22,24-25H,17H2,1-5H3,(H,33,36)(H,34,38). The average molecular weight is 590 g/mol. The van der Waals surface area contributed by atoms with Crippen molar-refractivity contribution in [2.75, 3.05) is 11.4 Å². The number of alkyl halides is 2. The SMILES string of the molecule is CC(C)C(CN(C(=O)C(Cl)Cl)c1cccc(-c2ccno2)c1)NC(=O)C(NC(=O)OC(C)(C)C)c1ccccc1. The fourth-order valence-electron chi connectivity index (χ4n) is 3.89. The lowest BCUT2D eigenvalue weighted by Crippen LogP contribution is -2.52. The normalized spacial score (nSPS) is 13.0. The smallest absolute Gasteiger partial charge is 0.408 e. The van der Waals surface area contributed by atoms with E-state index in [-0.39, 0.29) is 12.5 Å². The van der Waals surface area contributed by atoms with E-state index in [0.717, 1.165) is 0 Å². The van der Waals surface area contributed by atoms with Crippen LogP contribution in [-0.4, -0.2) is 46.1 Å². The number of rotatable bonds is 10. The Labute approximate surface area is 244 Å². The van der Waals surface area contributed by atoms with E-state index < -0.39 is 40.4 Å². The first-order valence-electron chi connectivity index (χ1n) is 12.8.